The molecule has 2 N–H and O–H groups in total. The second-order valence-corrected chi connectivity index (χ2v) is 5.67. The molecule has 3 rings (SSSR count). The molecule has 0 radical (unpaired) electrons. The minimum absolute atomic E-state index is 0.000599. The number of rotatable bonds is 6. The highest BCUT2D eigenvalue weighted by atomic mass is 32.1. The van der Waals surface area contributed by atoms with E-state index in [0.29, 0.717) is 24.3 Å². The summed E-state index contributed by atoms with van der Waals surface area (Å²) in [4.78, 5) is 12.1. The van der Waals surface area contributed by atoms with E-state index in [4.69, 9.17) is 12.2 Å². The van der Waals surface area contributed by atoms with E-state index in [1.807, 2.05) is 29.8 Å². The van der Waals surface area contributed by atoms with Gasteiger partial charge in [0.15, 0.2) is 10.6 Å². The zero-order valence-corrected chi connectivity index (χ0v) is 13.8. The second-order valence-electron chi connectivity index (χ2n) is 5.28. The van der Waals surface area contributed by atoms with Crippen LogP contribution in [0, 0.1) is 4.77 Å². The Bertz CT molecular complexity index is 876. The number of H-pyrrole nitrogens is 1. The van der Waals surface area contributed by atoms with Crippen LogP contribution in [-0.4, -0.2) is 25.2 Å². The van der Waals surface area contributed by atoms with E-state index in [1.54, 1.807) is 0 Å². The minimum atomic E-state index is -0.000599. The van der Waals surface area contributed by atoms with Crippen LogP contribution in [-0.2, 0) is 24.4 Å². The van der Waals surface area contributed by atoms with Gasteiger partial charge in [0.25, 0.3) is 0 Å². The Kier molecular flexibility index (Phi) is 4.57. The molecule has 7 heteroatoms. The van der Waals surface area contributed by atoms with Crippen LogP contribution < -0.4 is 5.32 Å². The summed E-state index contributed by atoms with van der Waals surface area (Å²) in [5, 5.41) is 11.0. The lowest BCUT2D eigenvalue weighted by atomic mass is 10.2. The molecule has 0 saturated carbocycles. The van der Waals surface area contributed by atoms with Crippen LogP contribution in [0.1, 0.15) is 19.2 Å². The summed E-state index contributed by atoms with van der Waals surface area (Å²) in [6.45, 7) is 3.76. The van der Waals surface area contributed by atoms with E-state index in [0.717, 1.165) is 17.9 Å². The monoisotopic (exact) mass is 329 g/mol. The Morgan fingerprint density at radius 2 is 2.17 bits per heavy atom. The lowest BCUT2D eigenvalue weighted by Gasteiger charge is -2.07. The van der Waals surface area contributed by atoms with Crippen molar-refractivity contribution in [2.75, 3.05) is 0 Å². The minimum Gasteiger partial charge on any atom is -0.349 e. The molecule has 0 unspecified atom stereocenters. The Labute approximate surface area is 139 Å². The van der Waals surface area contributed by atoms with Gasteiger partial charge in [-0.3, -0.25) is 9.89 Å². The summed E-state index contributed by atoms with van der Waals surface area (Å²) in [5.41, 5.74) is 1.15. The number of benzene rings is 1. The molecule has 1 amide bonds. The summed E-state index contributed by atoms with van der Waals surface area (Å²) in [7, 11) is 0. The third kappa shape index (κ3) is 3.34. The zero-order valence-electron chi connectivity index (χ0n) is 13.0. The van der Waals surface area contributed by atoms with Crippen molar-refractivity contribution in [1.29, 1.82) is 0 Å². The highest BCUT2D eigenvalue weighted by Crippen LogP contribution is 2.15. The Morgan fingerprint density at radius 3 is 3.00 bits per heavy atom. The Hall–Kier alpha value is -2.41. The summed E-state index contributed by atoms with van der Waals surface area (Å²) in [5.74, 6) is 0.747. The third-order valence-electron chi connectivity index (χ3n) is 3.86. The largest absolute Gasteiger partial charge is 0.349 e. The van der Waals surface area contributed by atoms with Crippen molar-refractivity contribution in [3.63, 3.8) is 0 Å². The number of fused-ring (bicyclic) bond motifs is 1. The number of amides is 1. The molecule has 2 aromatic heterocycles. The van der Waals surface area contributed by atoms with Crippen LogP contribution in [0.4, 0.5) is 0 Å². The van der Waals surface area contributed by atoms with E-state index < -0.39 is 0 Å². The molecule has 2 heterocycles. The smallest absolute Gasteiger partial charge is 0.222 e. The second kappa shape index (κ2) is 6.78. The van der Waals surface area contributed by atoms with Crippen LogP contribution in [0.5, 0.6) is 0 Å². The van der Waals surface area contributed by atoms with E-state index in [2.05, 4.69) is 38.3 Å². The summed E-state index contributed by atoms with van der Waals surface area (Å²) < 4.78 is 4.54. The van der Waals surface area contributed by atoms with E-state index in [-0.39, 0.29) is 5.91 Å². The molecule has 3 aromatic rings. The lowest BCUT2D eigenvalue weighted by molar-refractivity contribution is -0.121. The number of nitrogens with one attached hydrogen (secondary N) is 2. The molecule has 23 heavy (non-hydrogen) atoms. The van der Waals surface area contributed by atoms with Crippen LogP contribution in [0.15, 0.2) is 36.5 Å². The average molecular weight is 329 g/mol. The van der Waals surface area contributed by atoms with Gasteiger partial charge in [0.1, 0.15) is 0 Å². The van der Waals surface area contributed by atoms with E-state index in [9.17, 15) is 4.79 Å². The molecule has 0 aliphatic heterocycles. The zero-order chi connectivity index (χ0) is 16.2. The molecule has 0 aliphatic carbocycles. The van der Waals surface area contributed by atoms with Gasteiger partial charge in [-0.2, -0.15) is 5.10 Å². The quantitative estimate of drug-likeness (QED) is 0.683. The van der Waals surface area contributed by atoms with Gasteiger partial charge in [-0.05, 0) is 36.7 Å². The molecular weight excluding hydrogens is 310 g/mol. The van der Waals surface area contributed by atoms with Gasteiger partial charge < -0.3 is 14.5 Å². The first kappa shape index (κ1) is 15.5. The number of hydrogen-bond donors (Lipinski definition) is 2. The molecule has 0 bridgehead atoms. The lowest BCUT2D eigenvalue weighted by Crippen LogP contribution is -2.25. The number of carbonyl (C=O) groups excluding carboxylic acids is 1. The van der Waals surface area contributed by atoms with Gasteiger partial charge in [-0.15, -0.1) is 0 Å². The number of hydrogen-bond acceptors (Lipinski definition) is 3. The highest BCUT2D eigenvalue weighted by Gasteiger charge is 2.08. The molecule has 0 saturated heterocycles. The number of carbonyl (C=O) groups is 1. The van der Waals surface area contributed by atoms with Crippen molar-refractivity contribution in [3.05, 3.63) is 47.1 Å². The summed E-state index contributed by atoms with van der Waals surface area (Å²) >= 11 is 5.13. The maximum atomic E-state index is 12.1. The number of nitrogens with zero attached hydrogens (tertiary/aromatic N) is 3. The van der Waals surface area contributed by atoms with Gasteiger partial charge in [-0.25, -0.2) is 0 Å². The molecule has 0 fully saturated rings. The van der Waals surface area contributed by atoms with Crippen LogP contribution >= 0.6 is 12.2 Å². The molecule has 0 atom stereocenters. The van der Waals surface area contributed by atoms with Crippen LogP contribution in [0.2, 0.25) is 0 Å². The highest BCUT2D eigenvalue weighted by molar-refractivity contribution is 7.71. The maximum Gasteiger partial charge on any atom is 0.222 e. The van der Waals surface area contributed by atoms with Gasteiger partial charge in [0, 0.05) is 31.2 Å². The third-order valence-corrected chi connectivity index (χ3v) is 4.17. The van der Waals surface area contributed by atoms with Gasteiger partial charge in [-0.1, -0.05) is 18.2 Å². The average Bonchev–Trinajstić information content (AvgIpc) is 3.14. The Balaban J connectivity index is 1.56. The van der Waals surface area contributed by atoms with Crippen molar-refractivity contribution in [2.45, 2.75) is 33.0 Å². The standard InChI is InChI=1S/C16H19N5OS/c1-2-21-14(18-19-16(21)23)11-17-15(22)8-10-20-9-7-12-5-3-4-6-13(12)20/h3-7,9H,2,8,10-11H2,1H3,(H,17,22)(H,19,23). The molecule has 0 spiro atoms. The molecular formula is C16H19N5OS. The number of aromatic nitrogens is 4. The molecule has 120 valence electrons. The normalized spacial score (nSPS) is 11.0. The van der Waals surface area contributed by atoms with E-state index >= 15 is 0 Å². The predicted molar refractivity (Wildman–Crippen MR) is 91.5 cm³/mol. The van der Waals surface area contributed by atoms with Crippen LogP contribution in [0.3, 0.4) is 0 Å². The van der Waals surface area contributed by atoms with Crippen molar-refractivity contribution in [2.24, 2.45) is 0 Å². The predicted octanol–water partition coefficient (Wildman–Crippen LogP) is 2.62. The summed E-state index contributed by atoms with van der Waals surface area (Å²) in [6.07, 6.45) is 2.44. The SMILES string of the molecule is CCn1c(CNC(=O)CCn2ccc3ccccc32)n[nH]c1=S. The number of para-hydroxylation sites is 1. The Morgan fingerprint density at radius 1 is 1.35 bits per heavy atom. The number of aromatic amines is 1. The van der Waals surface area contributed by atoms with Crippen molar-refractivity contribution >= 4 is 29.0 Å². The van der Waals surface area contributed by atoms with Gasteiger partial charge >= 0.3 is 0 Å². The van der Waals surface area contributed by atoms with Crippen molar-refractivity contribution in [3.8, 4) is 0 Å². The molecule has 1 aromatic carbocycles. The van der Waals surface area contributed by atoms with Crippen molar-refractivity contribution in [1.82, 2.24) is 24.6 Å². The molecule has 6 nitrogen and oxygen atoms in total. The van der Waals surface area contributed by atoms with Crippen molar-refractivity contribution < 1.29 is 4.79 Å². The first-order chi connectivity index (χ1) is 11.2. The maximum absolute atomic E-state index is 12.1. The fraction of sp³-hybridized carbons (Fsp3) is 0.312. The van der Waals surface area contributed by atoms with Gasteiger partial charge in [0.2, 0.25) is 5.91 Å². The molecule has 0 aliphatic rings. The number of aryl methyl sites for hydroxylation is 1. The fourth-order valence-corrected chi connectivity index (χ4v) is 2.92. The van der Waals surface area contributed by atoms with E-state index in [1.165, 1.54) is 5.39 Å². The topological polar surface area (TPSA) is 67.6 Å². The first-order valence-corrected chi connectivity index (χ1v) is 8.04. The summed E-state index contributed by atoms with van der Waals surface area (Å²) in [6, 6.07) is 10.2. The first-order valence-electron chi connectivity index (χ1n) is 7.63. The van der Waals surface area contributed by atoms with Crippen LogP contribution in [0.25, 0.3) is 10.9 Å². The van der Waals surface area contributed by atoms with Gasteiger partial charge in [0.05, 0.1) is 6.54 Å². The fourth-order valence-electron chi connectivity index (χ4n) is 2.63.